The Hall–Kier alpha value is -3.21. The van der Waals surface area contributed by atoms with Crippen molar-refractivity contribution in [1.82, 2.24) is 0 Å². The van der Waals surface area contributed by atoms with Gasteiger partial charge in [0.15, 0.2) is 0 Å². The Morgan fingerprint density at radius 2 is 1.43 bits per heavy atom. The first-order valence-electron chi connectivity index (χ1n) is 9.48. The molecule has 1 saturated heterocycles. The van der Waals surface area contributed by atoms with Crippen LogP contribution in [-0.4, -0.2) is 17.7 Å². The minimum atomic E-state index is -0.260. The van der Waals surface area contributed by atoms with Gasteiger partial charge in [0.25, 0.3) is 5.91 Å². The number of hydrogen-bond donors (Lipinski definition) is 1. The topological polar surface area (TPSA) is 66.5 Å². The van der Waals surface area contributed by atoms with Crippen LogP contribution in [0.1, 0.15) is 34.3 Å². The Balaban J connectivity index is 1.54. The molecule has 0 bridgehead atoms. The van der Waals surface area contributed by atoms with E-state index in [-0.39, 0.29) is 29.6 Å². The molecular weight excluding hydrogens is 352 g/mol. The lowest BCUT2D eigenvalue weighted by Crippen LogP contribution is -2.30. The quantitative estimate of drug-likeness (QED) is 0.652. The van der Waals surface area contributed by atoms with Crippen molar-refractivity contribution in [1.29, 1.82) is 0 Å². The third kappa shape index (κ3) is 3.03. The fourth-order valence-corrected chi connectivity index (χ4v) is 4.01. The summed E-state index contributed by atoms with van der Waals surface area (Å²) in [6.07, 6.45) is 5.16. The van der Waals surface area contributed by atoms with Gasteiger partial charge in [-0.15, -0.1) is 0 Å². The SMILES string of the molecule is Cc1cccc(C)c1NC(=O)c1ccc(N2C(=O)[C@@H]3CC=CC[C@H]3C2=O)cc1. The summed E-state index contributed by atoms with van der Waals surface area (Å²) < 4.78 is 0. The number of nitrogens with one attached hydrogen (secondary N) is 1. The highest BCUT2D eigenvalue weighted by Gasteiger charge is 2.47. The maximum absolute atomic E-state index is 12.7. The molecular formula is C23H22N2O3. The zero-order chi connectivity index (χ0) is 19.8. The van der Waals surface area contributed by atoms with Crippen LogP contribution in [0.2, 0.25) is 0 Å². The first kappa shape index (κ1) is 18.2. The van der Waals surface area contributed by atoms with Crippen molar-refractivity contribution in [2.45, 2.75) is 26.7 Å². The lowest BCUT2D eigenvalue weighted by molar-refractivity contribution is -0.122. The van der Waals surface area contributed by atoms with E-state index in [2.05, 4.69) is 5.32 Å². The van der Waals surface area contributed by atoms with Gasteiger partial charge in [-0.25, -0.2) is 0 Å². The normalized spacial score (nSPS) is 21.0. The molecule has 3 amide bonds. The molecule has 0 aromatic heterocycles. The van der Waals surface area contributed by atoms with Gasteiger partial charge in [-0.2, -0.15) is 0 Å². The molecule has 28 heavy (non-hydrogen) atoms. The van der Waals surface area contributed by atoms with Crippen LogP contribution >= 0.6 is 0 Å². The van der Waals surface area contributed by atoms with Crippen LogP contribution in [0.5, 0.6) is 0 Å². The summed E-state index contributed by atoms with van der Waals surface area (Å²) in [5, 5.41) is 2.95. The molecule has 0 saturated carbocycles. The lowest BCUT2D eigenvalue weighted by atomic mass is 9.85. The van der Waals surface area contributed by atoms with Crippen LogP contribution in [0.3, 0.4) is 0 Å². The van der Waals surface area contributed by atoms with Crippen LogP contribution in [0.15, 0.2) is 54.6 Å². The lowest BCUT2D eigenvalue weighted by Gasteiger charge is -2.16. The molecule has 142 valence electrons. The molecule has 1 heterocycles. The second kappa shape index (κ2) is 7.08. The van der Waals surface area contributed by atoms with Crippen LogP contribution in [0.4, 0.5) is 11.4 Å². The van der Waals surface area contributed by atoms with Gasteiger partial charge < -0.3 is 5.32 Å². The number of para-hydroxylation sites is 1. The Kier molecular flexibility index (Phi) is 4.59. The van der Waals surface area contributed by atoms with E-state index in [9.17, 15) is 14.4 Å². The summed E-state index contributed by atoms with van der Waals surface area (Å²) in [6.45, 7) is 3.90. The fourth-order valence-electron chi connectivity index (χ4n) is 4.01. The van der Waals surface area contributed by atoms with Crippen LogP contribution < -0.4 is 10.2 Å². The van der Waals surface area contributed by atoms with Crippen molar-refractivity contribution in [3.8, 4) is 0 Å². The van der Waals surface area contributed by atoms with Gasteiger partial charge in [-0.1, -0.05) is 30.4 Å². The molecule has 1 aliphatic heterocycles. The highest BCUT2D eigenvalue weighted by Crippen LogP contribution is 2.37. The van der Waals surface area contributed by atoms with E-state index in [1.807, 2.05) is 44.2 Å². The van der Waals surface area contributed by atoms with E-state index in [4.69, 9.17) is 0 Å². The first-order valence-corrected chi connectivity index (χ1v) is 9.48. The fraction of sp³-hybridized carbons (Fsp3) is 0.261. The summed E-state index contributed by atoms with van der Waals surface area (Å²) in [5.41, 5.74) is 3.79. The third-order valence-corrected chi connectivity index (χ3v) is 5.61. The number of hydrogen-bond acceptors (Lipinski definition) is 3. The second-order valence-corrected chi connectivity index (χ2v) is 7.44. The number of nitrogens with zero attached hydrogens (tertiary/aromatic N) is 1. The maximum Gasteiger partial charge on any atom is 0.255 e. The van der Waals surface area contributed by atoms with Crippen molar-refractivity contribution in [3.63, 3.8) is 0 Å². The van der Waals surface area contributed by atoms with Crippen molar-refractivity contribution in [2.24, 2.45) is 11.8 Å². The molecule has 1 fully saturated rings. The Morgan fingerprint density at radius 3 is 1.96 bits per heavy atom. The number of aryl methyl sites for hydroxylation is 2. The predicted molar refractivity (Wildman–Crippen MR) is 108 cm³/mol. The van der Waals surface area contributed by atoms with E-state index in [0.717, 1.165) is 16.8 Å². The summed E-state index contributed by atoms with van der Waals surface area (Å²) in [5.74, 6) is -1.03. The number of allylic oxidation sites excluding steroid dienone is 2. The number of benzene rings is 2. The van der Waals surface area contributed by atoms with E-state index < -0.39 is 0 Å². The van der Waals surface area contributed by atoms with Crippen LogP contribution in [-0.2, 0) is 9.59 Å². The molecule has 5 nitrogen and oxygen atoms in total. The number of anilines is 2. The van der Waals surface area contributed by atoms with E-state index in [1.54, 1.807) is 24.3 Å². The monoisotopic (exact) mass is 374 g/mol. The molecule has 4 rings (SSSR count). The molecule has 2 atom stereocenters. The van der Waals surface area contributed by atoms with Gasteiger partial charge in [0.1, 0.15) is 0 Å². The average molecular weight is 374 g/mol. The highest BCUT2D eigenvalue weighted by molar-refractivity contribution is 6.22. The highest BCUT2D eigenvalue weighted by atomic mass is 16.2. The molecule has 0 spiro atoms. The van der Waals surface area contributed by atoms with Crippen LogP contribution in [0.25, 0.3) is 0 Å². The van der Waals surface area contributed by atoms with E-state index in [1.165, 1.54) is 4.90 Å². The summed E-state index contributed by atoms with van der Waals surface area (Å²) in [6, 6.07) is 12.5. The number of amides is 3. The molecule has 2 aromatic carbocycles. The average Bonchev–Trinajstić information content (AvgIpc) is 2.96. The van der Waals surface area contributed by atoms with Gasteiger partial charge >= 0.3 is 0 Å². The van der Waals surface area contributed by atoms with E-state index in [0.29, 0.717) is 24.1 Å². The van der Waals surface area contributed by atoms with Crippen molar-refractivity contribution in [2.75, 3.05) is 10.2 Å². The molecule has 0 unspecified atom stereocenters. The zero-order valence-corrected chi connectivity index (χ0v) is 15.9. The van der Waals surface area contributed by atoms with E-state index >= 15 is 0 Å². The van der Waals surface area contributed by atoms with Crippen LogP contribution in [0, 0.1) is 25.7 Å². The molecule has 5 heteroatoms. The Morgan fingerprint density at radius 1 is 0.893 bits per heavy atom. The summed E-state index contributed by atoms with van der Waals surface area (Å²) in [4.78, 5) is 39.2. The van der Waals surface area contributed by atoms with Gasteiger partial charge in [0.2, 0.25) is 11.8 Å². The molecule has 2 aromatic rings. The van der Waals surface area contributed by atoms with Crippen molar-refractivity contribution in [3.05, 3.63) is 71.3 Å². The number of rotatable bonds is 3. The minimum absolute atomic E-state index is 0.146. The molecule has 2 aliphatic rings. The number of imide groups is 1. The van der Waals surface area contributed by atoms with Gasteiger partial charge in [-0.3, -0.25) is 19.3 Å². The summed E-state index contributed by atoms with van der Waals surface area (Å²) in [7, 11) is 0. The Bertz CT molecular complexity index is 945. The summed E-state index contributed by atoms with van der Waals surface area (Å²) >= 11 is 0. The number of fused-ring (bicyclic) bond motifs is 1. The standard InChI is InChI=1S/C23H22N2O3/c1-14-6-5-7-15(2)20(14)24-21(26)16-10-12-17(13-11-16)25-22(27)18-8-3-4-9-19(18)23(25)28/h3-7,10-13,18-19H,8-9H2,1-2H3,(H,24,26)/t18-,19-/m1/s1. The smallest absolute Gasteiger partial charge is 0.255 e. The largest absolute Gasteiger partial charge is 0.322 e. The first-order chi connectivity index (χ1) is 13.5. The third-order valence-electron chi connectivity index (χ3n) is 5.61. The predicted octanol–water partition coefficient (Wildman–Crippen LogP) is 4.01. The van der Waals surface area contributed by atoms with Gasteiger partial charge in [-0.05, 0) is 62.1 Å². The Labute approximate surface area is 164 Å². The second-order valence-electron chi connectivity index (χ2n) is 7.44. The molecule has 1 aliphatic carbocycles. The molecule has 0 radical (unpaired) electrons. The molecule has 1 N–H and O–H groups in total. The van der Waals surface area contributed by atoms with Crippen molar-refractivity contribution < 1.29 is 14.4 Å². The number of carbonyl (C=O) groups is 3. The van der Waals surface area contributed by atoms with Gasteiger partial charge in [0, 0.05) is 11.3 Å². The zero-order valence-electron chi connectivity index (χ0n) is 15.9. The number of carbonyl (C=O) groups excluding carboxylic acids is 3. The van der Waals surface area contributed by atoms with Gasteiger partial charge in [0.05, 0.1) is 17.5 Å². The maximum atomic E-state index is 12.7. The minimum Gasteiger partial charge on any atom is -0.322 e. The van der Waals surface area contributed by atoms with Crippen molar-refractivity contribution >= 4 is 29.1 Å².